The average molecular weight is 310 g/mol. The molecule has 0 bridgehead atoms. The van der Waals surface area contributed by atoms with Crippen LogP contribution >= 0.6 is 0 Å². The van der Waals surface area contributed by atoms with Gasteiger partial charge >= 0.3 is 0 Å². The predicted molar refractivity (Wildman–Crippen MR) is 90.7 cm³/mol. The van der Waals surface area contributed by atoms with Crippen molar-refractivity contribution in [3.63, 3.8) is 0 Å². The zero-order valence-electron chi connectivity index (χ0n) is 13.1. The van der Waals surface area contributed by atoms with E-state index in [0.717, 1.165) is 5.56 Å². The number of allylic oxidation sites excluding steroid dienone is 2. The van der Waals surface area contributed by atoms with Crippen molar-refractivity contribution < 1.29 is 19.4 Å². The summed E-state index contributed by atoms with van der Waals surface area (Å²) in [6, 6.07) is 11.9. The first kappa shape index (κ1) is 16.4. The molecule has 4 nitrogen and oxygen atoms in total. The number of ketones is 1. The minimum Gasteiger partial charge on any atom is -0.508 e. The molecule has 1 N–H and O–H groups in total. The van der Waals surface area contributed by atoms with Crippen molar-refractivity contribution in [3.8, 4) is 17.2 Å². The molecule has 0 radical (unpaired) electrons. The maximum absolute atomic E-state index is 12.2. The maximum atomic E-state index is 12.2. The van der Waals surface area contributed by atoms with Crippen molar-refractivity contribution in [1.82, 2.24) is 0 Å². The van der Waals surface area contributed by atoms with E-state index in [1.165, 1.54) is 6.08 Å². The Balaban J connectivity index is 2.53. The minimum absolute atomic E-state index is 0.171. The molecule has 0 aromatic heterocycles. The van der Waals surface area contributed by atoms with Crippen LogP contribution in [0.15, 0.2) is 55.1 Å². The standard InChI is InChI=1S/C19H18O4/c1-4-17(21)16(11-13-5-8-15(20)9-6-13)14-7-10-18(22-2)19(12-14)23-3/h4-12,20H,1H2,2-3H3. The van der Waals surface area contributed by atoms with Crippen LogP contribution in [-0.4, -0.2) is 25.1 Å². The fourth-order valence-electron chi connectivity index (χ4n) is 2.15. The average Bonchev–Trinajstić information content (AvgIpc) is 2.60. The monoisotopic (exact) mass is 310 g/mol. The summed E-state index contributed by atoms with van der Waals surface area (Å²) in [5.74, 6) is 1.10. The van der Waals surface area contributed by atoms with Gasteiger partial charge in [0.25, 0.3) is 0 Å². The van der Waals surface area contributed by atoms with Gasteiger partial charge in [-0.2, -0.15) is 0 Å². The van der Waals surface area contributed by atoms with Crippen LogP contribution in [0.3, 0.4) is 0 Å². The van der Waals surface area contributed by atoms with Gasteiger partial charge in [0.2, 0.25) is 0 Å². The van der Waals surface area contributed by atoms with Gasteiger partial charge in [-0.1, -0.05) is 24.8 Å². The van der Waals surface area contributed by atoms with E-state index in [1.54, 1.807) is 62.8 Å². The lowest BCUT2D eigenvalue weighted by atomic mass is 9.98. The molecular weight excluding hydrogens is 292 g/mol. The number of methoxy groups -OCH3 is 2. The molecule has 23 heavy (non-hydrogen) atoms. The molecule has 0 saturated heterocycles. The van der Waals surface area contributed by atoms with Crippen LogP contribution in [0, 0.1) is 0 Å². The second-order valence-corrected chi connectivity index (χ2v) is 4.79. The quantitative estimate of drug-likeness (QED) is 0.653. The lowest BCUT2D eigenvalue weighted by Crippen LogP contribution is -1.99. The molecule has 2 aromatic rings. The van der Waals surface area contributed by atoms with Crippen LogP contribution in [-0.2, 0) is 4.79 Å². The van der Waals surface area contributed by atoms with Crippen LogP contribution in [0.5, 0.6) is 17.2 Å². The highest BCUT2D eigenvalue weighted by Crippen LogP contribution is 2.31. The number of phenols is 1. The molecule has 0 spiro atoms. The minimum atomic E-state index is -0.203. The van der Waals surface area contributed by atoms with E-state index in [4.69, 9.17) is 9.47 Å². The molecule has 0 aliphatic rings. The smallest absolute Gasteiger partial charge is 0.185 e. The highest BCUT2D eigenvalue weighted by Gasteiger charge is 2.12. The van der Waals surface area contributed by atoms with E-state index in [2.05, 4.69) is 6.58 Å². The van der Waals surface area contributed by atoms with Crippen molar-refractivity contribution in [2.75, 3.05) is 14.2 Å². The van der Waals surface area contributed by atoms with Gasteiger partial charge in [-0.3, -0.25) is 4.79 Å². The summed E-state index contributed by atoms with van der Waals surface area (Å²) in [7, 11) is 3.10. The van der Waals surface area contributed by atoms with Gasteiger partial charge in [0, 0.05) is 5.57 Å². The van der Waals surface area contributed by atoms with Gasteiger partial charge in [-0.25, -0.2) is 0 Å². The van der Waals surface area contributed by atoms with Gasteiger partial charge < -0.3 is 14.6 Å². The Morgan fingerprint density at radius 3 is 2.26 bits per heavy atom. The van der Waals surface area contributed by atoms with E-state index in [9.17, 15) is 9.90 Å². The maximum Gasteiger partial charge on any atom is 0.185 e. The van der Waals surface area contributed by atoms with Crippen LogP contribution in [0.1, 0.15) is 11.1 Å². The first-order valence-electron chi connectivity index (χ1n) is 6.99. The molecular formula is C19H18O4. The second-order valence-electron chi connectivity index (χ2n) is 4.79. The van der Waals surface area contributed by atoms with Crippen LogP contribution < -0.4 is 9.47 Å². The van der Waals surface area contributed by atoms with E-state index >= 15 is 0 Å². The highest BCUT2D eigenvalue weighted by molar-refractivity contribution is 6.29. The van der Waals surface area contributed by atoms with E-state index in [-0.39, 0.29) is 11.5 Å². The summed E-state index contributed by atoms with van der Waals surface area (Å²) in [5, 5.41) is 9.35. The van der Waals surface area contributed by atoms with E-state index in [0.29, 0.717) is 22.6 Å². The van der Waals surface area contributed by atoms with Crippen molar-refractivity contribution in [2.45, 2.75) is 0 Å². The first-order chi connectivity index (χ1) is 11.1. The number of carbonyl (C=O) groups is 1. The largest absolute Gasteiger partial charge is 0.508 e. The Kier molecular flexibility index (Phi) is 5.20. The molecule has 0 aliphatic carbocycles. The van der Waals surface area contributed by atoms with Crippen molar-refractivity contribution in [3.05, 3.63) is 66.2 Å². The fourth-order valence-corrected chi connectivity index (χ4v) is 2.15. The van der Waals surface area contributed by atoms with Crippen LogP contribution in [0.25, 0.3) is 11.6 Å². The first-order valence-corrected chi connectivity index (χ1v) is 6.99. The van der Waals surface area contributed by atoms with Gasteiger partial charge in [0.1, 0.15) is 5.75 Å². The Morgan fingerprint density at radius 1 is 1.04 bits per heavy atom. The van der Waals surface area contributed by atoms with Gasteiger partial charge in [-0.15, -0.1) is 0 Å². The SMILES string of the molecule is C=CC(=O)C(=Cc1ccc(O)cc1)c1ccc(OC)c(OC)c1. The number of aromatic hydroxyl groups is 1. The van der Waals surface area contributed by atoms with Gasteiger partial charge in [-0.05, 0) is 47.5 Å². The topological polar surface area (TPSA) is 55.8 Å². The predicted octanol–water partition coefficient (Wildman–Crippen LogP) is 3.71. The van der Waals surface area contributed by atoms with Gasteiger partial charge in [0.05, 0.1) is 14.2 Å². The molecule has 0 fully saturated rings. The fraction of sp³-hybridized carbons (Fsp3) is 0.105. The van der Waals surface area contributed by atoms with E-state index < -0.39 is 0 Å². The van der Waals surface area contributed by atoms with E-state index in [1.807, 2.05) is 0 Å². The van der Waals surface area contributed by atoms with Gasteiger partial charge in [0.15, 0.2) is 17.3 Å². The third kappa shape index (κ3) is 3.80. The number of hydrogen-bond donors (Lipinski definition) is 1. The number of phenolic OH excluding ortho intramolecular Hbond substituents is 1. The number of ether oxygens (including phenoxy) is 2. The third-order valence-electron chi connectivity index (χ3n) is 3.35. The van der Waals surface area contributed by atoms with Crippen LogP contribution in [0.2, 0.25) is 0 Å². The Labute approximate surface area is 135 Å². The number of benzene rings is 2. The number of hydrogen-bond acceptors (Lipinski definition) is 4. The zero-order valence-corrected chi connectivity index (χ0v) is 13.1. The molecule has 2 aromatic carbocycles. The normalized spacial score (nSPS) is 11.0. The summed E-state index contributed by atoms with van der Waals surface area (Å²) >= 11 is 0. The summed E-state index contributed by atoms with van der Waals surface area (Å²) in [6.07, 6.45) is 3.01. The zero-order chi connectivity index (χ0) is 16.8. The Bertz CT molecular complexity index is 742. The molecule has 0 heterocycles. The molecule has 0 atom stereocenters. The van der Waals surface area contributed by atoms with Crippen molar-refractivity contribution in [1.29, 1.82) is 0 Å². The van der Waals surface area contributed by atoms with Crippen molar-refractivity contribution >= 4 is 17.4 Å². The molecule has 0 aliphatic heterocycles. The number of rotatable bonds is 6. The summed E-state index contributed by atoms with van der Waals surface area (Å²) < 4.78 is 10.5. The Hall–Kier alpha value is -3.01. The molecule has 4 heteroatoms. The summed E-state index contributed by atoms with van der Waals surface area (Å²) in [5.41, 5.74) is 1.97. The molecule has 118 valence electrons. The third-order valence-corrected chi connectivity index (χ3v) is 3.35. The molecule has 0 amide bonds. The summed E-state index contributed by atoms with van der Waals surface area (Å²) in [6.45, 7) is 3.55. The molecule has 0 saturated carbocycles. The molecule has 2 rings (SSSR count). The lowest BCUT2D eigenvalue weighted by Gasteiger charge is -2.11. The second kappa shape index (κ2) is 7.31. The molecule has 0 unspecified atom stereocenters. The van der Waals surface area contributed by atoms with Crippen LogP contribution in [0.4, 0.5) is 0 Å². The van der Waals surface area contributed by atoms with Crippen molar-refractivity contribution in [2.24, 2.45) is 0 Å². The highest BCUT2D eigenvalue weighted by atomic mass is 16.5. The lowest BCUT2D eigenvalue weighted by molar-refractivity contribution is -0.109. The Morgan fingerprint density at radius 2 is 1.70 bits per heavy atom. The summed E-state index contributed by atoms with van der Waals surface area (Å²) in [4.78, 5) is 12.2. The number of carbonyl (C=O) groups excluding carboxylic acids is 1.